The predicted molar refractivity (Wildman–Crippen MR) is 113 cm³/mol. The van der Waals surface area contributed by atoms with Crippen molar-refractivity contribution < 1.29 is 4.79 Å². The molecule has 2 aromatic heterocycles. The van der Waals surface area contributed by atoms with Gasteiger partial charge in [-0.05, 0) is 55.9 Å². The molecule has 2 aliphatic rings. The minimum atomic E-state index is 0.118. The van der Waals surface area contributed by atoms with Crippen LogP contribution in [0.25, 0.3) is 10.2 Å². The fourth-order valence-corrected chi connectivity index (χ4v) is 5.21. The van der Waals surface area contributed by atoms with Crippen LogP contribution in [-0.4, -0.2) is 47.0 Å². The van der Waals surface area contributed by atoms with Gasteiger partial charge in [0.2, 0.25) is 0 Å². The molecule has 28 heavy (non-hydrogen) atoms. The molecule has 0 atom stereocenters. The molecule has 5 nitrogen and oxygen atoms in total. The van der Waals surface area contributed by atoms with Gasteiger partial charge in [0.05, 0.1) is 15.8 Å². The van der Waals surface area contributed by atoms with Crippen molar-refractivity contribution in [3.05, 3.63) is 53.3 Å². The third-order valence-electron chi connectivity index (χ3n) is 5.75. The summed E-state index contributed by atoms with van der Waals surface area (Å²) >= 11 is 1.74. The van der Waals surface area contributed by atoms with Gasteiger partial charge in [-0.25, -0.2) is 4.98 Å². The Labute approximate surface area is 169 Å². The van der Waals surface area contributed by atoms with E-state index in [0.29, 0.717) is 0 Å². The van der Waals surface area contributed by atoms with E-state index in [1.54, 1.807) is 17.5 Å². The van der Waals surface area contributed by atoms with E-state index in [4.69, 9.17) is 4.98 Å². The van der Waals surface area contributed by atoms with Crippen LogP contribution in [0.3, 0.4) is 0 Å². The van der Waals surface area contributed by atoms with E-state index in [-0.39, 0.29) is 5.91 Å². The summed E-state index contributed by atoms with van der Waals surface area (Å²) in [6.07, 6.45) is 7.25. The van der Waals surface area contributed by atoms with Crippen LogP contribution in [0.1, 0.15) is 40.9 Å². The van der Waals surface area contributed by atoms with E-state index in [2.05, 4.69) is 34.1 Å². The largest absolute Gasteiger partial charge is 0.346 e. The van der Waals surface area contributed by atoms with E-state index in [1.807, 2.05) is 11.0 Å². The van der Waals surface area contributed by atoms with Crippen LogP contribution in [0, 0.1) is 0 Å². The monoisotopic (exact) mass is 392 g/mol. The summed E-state index contributed by atoms with van der Waals surface area (Å²) in [5.74, 6) is 0.118. The van der Waals surface area contributed by atoms with E-state index >= 15 is 0 Å². The van der Waals surface area contributed by atoms with E-state index in [9.17, 15) is 4.79 Å². The Bertz CT molecular complexity index is 982. The van der Waals surface area contributed by atoms with E-state index < -0.39 is 0 Å². The van der Waals surface area contributed by atoms with Gasteiger partial charge in [-0.3, -0.25) is 9.78 Å². The Morgan fingerprint density at radius 1 is 1.00 bits per heavy atom. The number of nitrogens with zero attached hydrogens (tertiary/aromatic N) is 4. The number of para-hydroxylation sites is 1. The minimum absolute atomic E-state index is 0.118. The van der Waals surface area contributed by atoms with Gasteiger partial charge in [0.15, 0.2) is 5.13 Å². The molecule has 3 aromatic rings. The Morgan fingerprint density at radius 2 is 1.89 bits per heavy atom. The van der Waals surface area contributed by atoms with Crippen molar-refractivity contribution in [1.29, 1.82) is 0 Å². The van der Waals surface area contributed by atoms with Crippen molar-refractivity contribution >= 4 is 32.6 Å². The fourth-order valence-electron chi connectivity index (χ4n) is 4.19. The standard InChI is InChI=1S/C22H24N4OS/c27-21(17-14-16-6-1-2-7-18(16)23-15-17)25-10-5-11-26(13-12-25)22-24-19-8-3-4-9-20(19)28-22/h3-4,8-9,14-15H,1-2,5-7,10-13H2. The number of rotatable bonds is 2. The minimum Gasteiger partial charge on any atom is -0.346 e. The average Bonchev–Trinajstić information content (AvgIpc) is 3.02. The maximum absolute atomic E-state index is 13.1. The zero-order valence-electron chi connectivity index (χ0n) is 15.9. The third kappa shape index (κ3) is 3.37. The van der Waals surface area contributed by atoms with Gasteiger partial charge < -0.3 is 9.80 Å². The number of hydrogen-bond acceptors (Lipinski definition) is 5. The molecule has 0 unspecified atom stereocenters. The molecule has 6 heteroatoms. The molecule has 1 saturated heterocycles. The number of fused-ring (bicyclic) bond motifs is 2. The number of hydrogen-bond donors (Lipinski definition) is 0. The topological polar surface area (TPSA) is 49.3 Å². The highest BCUT2D eigenvalue weighted by Gasteiger charge is 2.23. The summed E-state index contributed by atoms with van der Waals surface area (Å²) in [5, 5.41) is 1.06. The number of benzene rings is 1. The number of aryl methyl sites for hydroxylation is 2. The van der Waals surface area contributed by atoms with Crippen LogP contribution in [0.15, 0.2) is 36.5 Å². The van der Waals surface area contributed by atoms with Crippen molar-refractivity contribution in [2.24, 2.45) is 0 Å². The van der Waals surface area contributed by atoms with Crippen molar-refractivity contribution in [2.75, 3.05) is 31.1 Å². The normalized spacial score (nSPS) is 17.4. The lowest BCUT2D eigenvalue weighted by atomic mass is 9.95. The summed E-state index contributed by atoms with van der Waals surface area (Å²) < 4.78 is 1.22. The summed E-state index contributed by atoms with van der Waals surface area (Å²) in [6.45, 7) is 3.28. The summed E-state index contributed by atoms with van der Waals surface area (Å²) in [4.78, 5) is 26.7. The van der Waals surface area contributed by atoms with Gasteiger partial charge >= 0.3 is 0 Å². The summed E-state index contributed by atoms with van der Waals surface area (Å²) in [7, 11) is 0. The van der Waals surface area contributed by atoms with Crippen molar-refractivity contribution in [3.63, 3.8) is 0 Å². The first kappa shape index (κ1) is 17.6. The second kappa shape index (κ2) is 7.51. The Kier molecular flexibility index (Phi) is 4.72. The molecule has 0 bridgehead atoms. The fraction of sp³-hybridized carbons (Fsp3) is 0.409. The quantitative estimate of drug-likeness (QED) is 0.663. The second-order valence-electron chi connectivity index (χ2n) is 7.63. The van der Waals surface area contributed by atoms with Gasteiger partial charge in [0.25, 0.3) is 5.91 Å². The lowest BCUT2D eigenvalue weighted by Crippen LogP contribution is -2.35. The van der Waals surface area contributed by atoms with Crippen LogP contribution in [0.4, 0.5) is 5.13 Å². The molecule has 1 fully saturated rings. The lowest BCUT2D eigenvalue weighted by Gasteiger charge is -2.22. The van der Waals surface area contributed by atoms with Gasteiger partial charge in [-0.1, -0.05) is 23.5 Å². The number of carbonyl (C=O) groups is 1. The zero-order chi connectivity index (χ0) is 18.9. The van der Waals surface area contributed by atoms with E-state index in [0.717, 1.165) is 61.7 Å². The van der Waals surface area contributed by atoms with Gasteiger partial charge in [0, 0.05) is 38.1 Å². The van der Waals surface area contributed by atoms with Crippen LogP contribution < -0.4 is 4.90 Å². The first-order valence-electron chi connectivity index (χ1n) is 10.2. The smallest absolute Gasteiger partial charge is 0.255 e. The molecule has 1 amide bonds. The van der Waals surface area contributed by atoms with Crippen LogP contribution in [-0.2, 0) is 12.8 Å². The highest BCUT2D eigenvalue weighted by atomic mass is 32.1. The molecular weight excluding hydrogens is 368 g/mol. The average molecular weight is 393 g/mol. The molecule has 0 radical (unpaired) electrons. The molecule has 5 rings (SSSR count). The molecule has 1 aliphatic carbocycles. The molecule has 3 heterocycles. The van der Waals surface area contributed by atoms with E-state index in [1.165, 1.54) is 28.8 Å². The third-order valence-corrected chi connectivity index (χ3v) is 6.85. The van der Waals surface area contributed by atoms with Crippen molar-refractivity contribution in [2.45, 2.75) is 32.1 Å². The van der Waals surface area contributed by atoms with Gasteiger partial charge in [-0.2, -0.15) is 0 Å². The highest BCUT2D eigenvalue weighted by molar-refractivity contribution is 7.22. The molecular formula is C22H24N4OS. The van der Waals surface area contributed by atoms with Gasteiger partial charge in [0.1, 0.15) is 0 Å². The van der Waals surface area contributed by atoms with Crippen LogP contribution in [0.5, 0.6) is 0 Å². The SMILES string of the molecule is O=C(c1cnc2c(c1)CCCC2)N1CCCN(c2nc3ccccc3s2)CC1. The second-order valence-corrected chi connectivity index (χ2v) is 8.64. The number of anilines is 1. The van der Waals surface area contributed by atoms with Crippen LogP contribution >= 0.6 is 11.3 Å². The Morgan fingerprint density at radius 3 is 2.82 bits per heavy atom. The first-order chi connectivity index (χ1) is 13.8. The number of thiazole rings is 1. The Balaban J connectivity index is 1.30. The lowest BCUT2D eigenvalue weighted by molar-refractivity contribution is 0.0766. The highest BCUT2D eigenvalue weighted by Crippen LogP contribution is 2.29. The zero-order valence-corrected chi connectivity index (χ0v) is 16.7. The number of carbonyl (C=O) groups excluding carboxylic acids is 1. The molecule has 144 valence electrons. The molecule has 0 saturated carbocycles. The maximum atomic E-state index is 13.1. The molecule has 0 N–H and O–H groups in total. The number of pyridine rings is 1. The maximum Gasteiger partial charge on any atom is 0.255 e. The number of amides is 1. The first-order valence-corrected chi connectivity index (χ1v) is 11.0. The van der Waals surface area contributed by atoms with Crippen LogP contribution in [0.2, 0.25) is 0 Å². The predicted octanol–water partition coefficient (Wildman–Crippen LogP) is 3.92. The van der Waals surface area contributed by atoms with Crippen molar-refractivity contribution in [1.82, 2.24) is 14.9 Å². The summed E-state index contributed by atoms with van der Waals surface area (Å²) in [5.41, 5.74) is 4.25. The summed E-state index contributed by atoms with van der Waals surface area (Å²) in [6, 6.07) is 10.3. The van der Waals surface area contributed by atoms with Crippen molar-refractivity contribution in [3.8, 4) is 0 Å². The Hall–Kier alpha value is -2.47. The molecule has 1 aromatic carbocycles. The number of aromatic nitrogens is 2. The molecule has 0 spiro atoms. The van der Waals surface area contributed by atoms with Gasteiger partial charge in [-0.15, -0.1) is 0 Å². The molecule has 1 aliphatic heterocycles.